The number of benzene rings is 1. The number of esters is 1. The van der Waals surface area contributed by atoms with Crippen LogP contribution in [0.15, 0.2) is 24.3 Å². The minimum absolute atomic E-state index is 0.00286. The van der Waals surface area contributed by atoms with Crippen molar-refractivity contribution >= 4 is 5.97 Å². The van der Waals surface area contributed by atoms with Crippen LogP contribution < -0.4 is 5.32 Å². The van der Waals surface area contributed by atoms with Crippen molar-refractivity contribution in [2.75, 3.05) is 6.54 Å². The Bertz CT molecular complexity index is 711. The molecule has 180 valence electrons. The van der Waals surface area contributed by atoms with E-state index in [2.05, 4.69) is 5.32 Å². The average Bonchev–Trinajstić information content (AvgIpc) is 2.94. The van der Waals surface area contributed by atoms with Crippen molar-refractivity contribution in [3.8, 4) is 0 Å². The van der Waals surface area contributed by atoms with E-state index in [9.17, 15) is 18.0 Å². The van der Waals surface area contributed by atoms with Gasteiger partial charge in [0.15, 0.2) is 0 Å². The first-order chi connectivity index (χ1) is 15.2. The minimum atomic E-state index is -4.35. The molecule has 3 rings (SSSR count). The van der Waals surface area contributed by atoms with Gasteiger partial charge in [0.2, 0.25) is 0 Å². The smallest absolute Gasteiger partial charge is 0.416 e. The van der Waals surface area contributed by atoms with Crippen LogP contribution in [0, 0.1) is 11.8 Å². The molecule has 32 heavy (non-hydrogen) atoms. The van der Waals surface area contributed by atoms with E-state index in [1.165, 1.54) is 44.2 Å². The lowest BCUT2D eigenvalue weighted by atomic mass is 9.77. The highest BCUT2D eigenvalue weighted by Gasteiger charge is 2.36. The number of carbonyl (C=O) groups is 1. The Labute approximate surface area is 190 Å². The summed E-state index contributed by atoms with van der Waals surface area (Å²) in [5.74, 6) is 0.520. The fourth-order valence-corrected chi connectivity index (χ4v) is 5.55. The normalized spacial score (nSPS) is 25.5. The van der Waals surface area contributed by atoms with Crippen molar-refractivity contribution in [3.05, 3.63) is 35.4 Å². The van der Waals surface area contributed by atoms with E-state index in [-0.39, 0.29) is 30.0 Å². The first kappa shape index (κ1) is 25.1. The zero-order chi connectivity index (χ0) is 23.1. The van der Waals surface area contributed by atoms with Crippen molar-refractivity contribution in [2.24, 2.45) is 11.8 Å². The maximum atomic E-state index is 13.1. The molecule has 3 nitrogen and oxygen atoms in total. The predicted molar refractivity (Wildman–Crippen MR) is 120 cm³/mol. The lowest BCUT2D eigenvalue weighted by Gasteiger charge is -2.34. The van der Waals surface area contributed by atoms with Crippen LogP contribution in [0.5, 0.6) is 0 Å². The first-order valence-electron chi connectivity index (χ1n) is 12.3. The molecule has 2 aliphatic carbocycles. The third kappa shape index (κ3) is 7.23. The molecule has 0 amide bonds. The Morgan fingerprint density at radius 3 is 2.25 bits per heavy atom. The van der Waals surface area contributed by atoms with E-state index in [1.807, 2.05) is 13.8 Å². The molecule has 0 unspecified atom stereocenters. The van der Waals surface area contributed by atoms with E-state index < -0.39 is 11.7 Å². The largest absolute Gasteiger partial charge is 0.463 e. The highest BCUT2D eigenvalue weighted by atomic mass is 19.4. The predicted octanol–water partition coefficient (Wildman–Crippen LogP) is 6.86. The van der Waals surface area contributed by atoms with Crippen molar-refractivity contribution in [1.82, 2.24) is 5.32 Å². The van der Waals surface area contributed by atoms with Crippen LogP contribution in [0.25, 0.3) is 0 Å². The molecule has 0 heterocycles. The minimum Gasteiger partial charge on any atom is -0.463 e. The molecule has 0 aromatic heterocycles. The Kier molecular flexibility index (Phi) is 9.04. The number of hydrogen-bond donors (Lipinski definition) is 1. The summed E-state index contributed by atoms with van der Waals surface area (Å²) in [4.78, 5) is 12.5. The van der Waals surface area contributed by atoms with E-state index in [0.29, 0.717) is 12.3 Å². The Morgan fingerprint density at radius 2 is 1.62 bits per heavy atom. The fraction of sp³-hybridized carbons (Fsp3) is 0.731. The van der Waals surface area contributed by atoms with Crippen LogP contribution in [-0.2, 0) is 15.7 Å². The Balaban J connectivity index is 1.82. The van der Waals surface area contributed by atoms with Crippen LogP contribution in [-0.4, -0.2) is 24.7 Å². The molecule has 6 heteroatoms. The van der Waals surface area contributed by atoms with Gasteiger partial charge in [0.05, 0.1) is 11.7 Å². The van der Waals surface area contributed by atoms with Crippen molar-refractivity contribution in [2.45, 2.75) is 102 Å². The summed E-state index contributed by atoms with van der Waals surface area (Å²) < 4.78 is 44.8. The highest BCUT2D eigenvalue weighted by molar-refractivity contribution is 5.70. The molecule has 3 atom stereocenters. The molecule has 1 aromatic rings. The molecular weight excluding hydrogens is 415 g/mol. The monoisotopic (exact) mass is 453 g/mol. The van der Waals surface area contributed by atoms with E-state index in [1.54, 1.807) is 12.1 Å². The van der Waals surface area contributed by atoms with Gasteiger partial charge in [-0.2, -0.15) is 13.2 Å². The van der Waals surface area contributed by atoms with Crippen molar-refractivity contribution in [3.63, 3.8) is 0 Å². The summed E-state index contributed by atoms with van der Waals surface area (Å²) in [5.41, 5.74) is 0.265. The van der Waals surface area contributed by atoms with Gasteiger partial charge in [-0.1, -0.05) is 44.2 Å². The Morgan fingerprint density at radius 1 is 1.00 bits per heavy atom. The van der Waals surface area contributed by atoms with E-state index in [0.717, 1.165) is 37.8 Å². The van der Waals surface area contributed by atoms with Crippen LogP contribution in [0.2, 0.25) is 0 Å². The van der Waals surface area contributed by atoms with Crippen molar-refractivity contribution in [1.29, 1.82) is 0 Å². The molecule has 2 aliphatic rings. The highest BCUT2D eigenvalue weighted by Crippen LogP contribution is 2.40. The number of halogens is 3. The Hall–Kier alpha value is -1.56. The summed E-state index contributed by atoms with van der Waals surface area (Å²) in [6, 6.07) is 5.76. The molecule has 0 bridgehead atoms. The van der Waals surface area contributed by atoms with Gasteiger partial charge in [-0.25, -0.2) is 0 Å². The number of hydrogen-bond acceptors (Lipinski definition) is 3. The van der Waals surface area contributed by atoms with Gasteiger partial charge in [0.25, 0.3) is 0 Å². The van der Waals surface area contributed by atoms with Gasteiger partial charge in [0.1, 0.15) is 0 Å². The number of alkyl halides is 3. The molecule has 1 N–H and O–H groups in total. The maximum Gasteiger partial charge on any atom is 0.416 e. The average molecular weight is 454 g/mol. The second kappa shape index (κ2) is 11.5. The fourth-order valence-electron chi connectivity index (χ4n) is 5.55. The van der Waals surface area contributed by atoms with Crippen LogP contribution >= 0.6 is 0 Å². The van der Waals surface area contributed by atoms with Gasteiger partial charge >= 0.3 is 12.1 Å². The first-order valence-corrected chi connectivity index (χ1v) is 12.3. The van der Waals surface area contributed by atoms with Gasteiger partial charge in [0, 0.05) is 18.4 Å². The van der Waals surface area contributed by atoms with Gasteiger partial charge in [-0.05, 0) is 75.6 Å². The van der Waals surface area contributed by atoms with Gasteiger partial charge in [-0.15, -0.1) is 0 Å². The zero-order valence-corrected chi connectivity index (χ0v) is 19.4. The quantitative estimate of drug-likeness (QED) is 0.362. The molecule has 1 aromatic carbocycles. The molecule has 0 radical (unpaired) electrons. The molecule has 0 saturated heterocycles. The summed E-state index contributed by atoms with van der Waals surface area (Å²) in [5, 5.41) is 3.79. The molecule has 2 saturated carbocycles. The summed E-state index contributed by atoms with van der Waals surface area (Å²) in [6.45, 7) is 4.63. The summed E-state index contributed by atoms with van der Waals surface area (Å²) >= 11 is 0. The molecule has 0 spiro atoms. The van der Waals surface area contributed by atoms with E-state index >= 15 is 0 Å². The third-order valence-electron chi connectivity index (χ3n) is 7.09. The zero-order valence-electron chi connectivity index (χ0n) is 19.4. The molecule has 2 fully saturated rings. The summed E-state index contributed by atoms with van der Waals surface area (Å²) in [6.07, 6.45) is 6.12. The van der Waals surface area contributed by atoms with Crippen LogP contribution in [0.4, 0.5) is 13.2 Å². The van der Waals surface area contributed by atoms with Gasteiger partial charge in [-0.3, -0.25) is 4.79 Å². The lowest BCUT2D eigenvalue weighted by molar-refractivity contribution is -0.148. The number of nitrogens with one attached hydrogen (secondary N) is 1. The van der Waals surface area contributed by atoms with Crippen LogP contribution in [0.1, 0.15) is 95.1 Å². The third-order valence-corrected chi connectivity index (χ3v) is 7.09. The number of ether oxygens (including phenoxy) is 1. The SMILES string of the molecule is CC(C)OC(=O)C[C@H]1CCCC[C@H](NCC2CCCCC2)[C@@H]1c1ccc(C(F)(F)F)cc1. The van der Waals surface area contributed by atoms with E-state index in [4.69, 9.17) is 4.74 Å². The second-order valence-corrected chi connectivity index (χ2v) is 9.95. The standard InChI is InChI=1S/C26H38F3NO2/c1-18(2)32-24(31)16-21-10-6-7-11-23(30-17-19-8-4-3-5-9-19)25(21)20-12-14-22(15-13-20)26(27,28)29/h12-15,18-19,21,23,25,30H,3-11,16-17H2,1-2H3/t21-,23+,25-/m1/s1. The van der Waals surface area contributed by atoms with Crippen LogP contribution in [0.3, 0.4) is 0 Å². The summed E-state index contributed by atoms with van der Waals surface area (Å²) in [7, 11) is 0. The number of rotatable bonds is 7. The van der Waals surface area contributed by atoms with Gasteiger partial charge < -0.3 is 10.1 Å². The molecular formula is C26H38F3NO2. The topological polar surface area (TPSA) is 38.3 Å². The molecule has 0 aliphatic heterocycles. The lowest BCUT2D eigenvalue weighted by Crippen LogP contribution is -2.40. The number of carbonyl (C=O) groups excluding carboxylic acids is 1. The van der Waals surface area contributed by atoms with Crippen molar-refractivity contribution < 1.29 is 22.7 Å². The second-order valence-electron chi connectivity index (χ2n) is 9.95. The maximum absolute atomic E-state index is 13.1.